The zero-order chi connectivity index (χ0) is 5.07. The molecule has 0 radical (unpaired) electrons. The Bertz CT molecular complexity index is 104. The van der Waals surface area contributed by atoms with Crippen LogP contribution in [0.3, 0.4) is 0 Å². The van der Waals surface area contributed by atoms with Gasteiger partial charge in [-0.1, -0.05) is 0 Å². The molecule has 2 saturated heterocycles. The summed E-state index contributed by atoms with van der Waals surface area (Å²) in [5.74, 6) is 0. The second-order valence-corrected chi connectivity index (χ2v) is 4.45. The number of rotatable bonds is 0. The Labute approximate surface area is 42.5 Å². The molecule has 2 unspecified atom stereocenters. The lowest BCUT2D eigenvalue weighted by atomic mass is 11.5. The van der Waals surface area contributed by atoms with Crippen LogP contribution in [0.2, 0.25) is 0 Å². The van der Waals surface area contributed by atoms with Gasteiger partial charge >= 0.3 is 8.88 Å². The quantitative estimate of drug-likeness (QED) is 0.307. The summed E-state index contributed by atoms with van der Waals surface area (Å²) in [6, 6.07) is 0. The van der Waals surface area contributed by atoms with Crippen LogP contribution in [-0.4, -0.2) is 32.4 Å². The second kappa shape index (κ2) is 0.784. The molecule has 2 rings (SSSR count). The Hall–Kier alpha value is 0.0569. The summed E-state index contributed by atoms with van der Waals surface area (Å²) in [6.45, 7) is 0. The molecule has 0 bridgehead atoms. The van der Waals surface area contributed by atoms with Gasteiger partial charge in [0.15, 0.2) is 0 Å². The summed E-state index contributed by atoms with van der Waals surface area (Å²) >= 11 is 0. The van der Waals surface area contributed by atoms with Crippen molar-refractivity contribution < 1.29 is 9.05 Å². The van der Waals surface area contributed by atoms with E-state index in [2.05, 4.69) is 0 Å². The molecule has 4 nitrogen and oxygen atoms in total. The molecule has 0 N–H and O–H groups in total. The van der Waals surface area contributed by atoms with Gasteiger partial charge in [-0.3, -0.25) is 9.05 Å². The molecule has 7 heavy (non-hydrogen) atoms. The molecule has 0 aliphatic carbocycles. The van der Waals surface area contributed by atoms with Crippen LogP contribution in [0.25, 0.3) is 0 Å². The van der Waals surface area contributed by atoms with Crippen molar-refractivity contribution in [3.05, 3.63) is 0 Å². The van der Waals surface area contributed by atoms with Gasteiger partial charge in [-0.25, -0.2) is 0 Å². The van der Waals surface area contributed by atoms with E-state index in [1.54, 1.807) is 9.46 Å². The van der Waals surface area contributed by atoms with Crippen LogP contribution in [0.5, 0.6) is 0 Å². The van der Waals surface area contributed by atoms with Gasteiger partial charge in [0.25, 0.3) is 0 Å². The third-order valence-electron chi connectivity index (χ3n) is 1.24. The van der Waals surface area contributed by atoms with Crippen molar-refractivity contribution in [3.8, 4) is 0 Å². The summed E-state index contributed by atoms with van der Waals surface area (Å²) in [6.07, 6.45) is 0. The molecule has 0 aromatic carbocycles. The van der Waals surface area contributed by atoms with Crippen LogP contribution >= 0.6 is 0 Å². The lowest BCUT2D eigenvalue weighted by molar-refractivity contribution is 0.239. The van der Waals surface area contributed by atoms with Crippen molar-refractivity contribution in [3.63, 3.8) is 0 Å². The third kappa shape index (κ3) is 0.306. The first-order valence-electron chi connectivity index (χ1n) is 2.12. The van der Waals surface area contributed by atoms with Gasteiger partial charge in [0.05, 0.1) is 0 Å². The Kier molecular flexibility index (Phi) is 0.447. The molecule has 2 heterocycles. The molecule has 0 amide bonds. The summed E-state index contributed by atoms with van der Waals surface area (Å²) in [5.41, 5.74) is 0. The van der Waals surface area contributed by atoms with E-state index >= 15 is 0 Å². The van der Waals surface area contributed by atoms with E-state index in [4.69, 9.17) is 9.05 Å². The number of hydrogen-bond donors (Lipinski definition) is 0. The first-order chi connectivity index (χ1) is 3.26. The molecule has 2 fully saturated rings. The topological polar surface area (TPSA) is 31.1 Å². The van der Waals surface area contributed by atoms with Crippen molar-refractivity contribution in [2.24, 2.45) is 0 Å². The molecule has 40 valence electrons. The highest BCUT2D eigenvalue weighted by molar-refractivity contribution is 6.73. The SMILES string of the molecule is CN1O[Si]12ON2C. The van der Waals surface area contributed by atoms with Gasteiger partial charge in [-0.2, -0.15) is 9.46 Å². The average molecular weight is 118 g/mol. The van der Waals surface area contributed by atoms with Crippen LogP contribution in [-0.2, 0) is 9.05 Å². The summed E-state index contributed by atoms with van der Waals surface area (Å²) < 4.78 is 13.6. The monoisotopic (exact) mass is 118 g/mol. The first kappa shape index (κ1) is 3.99. The third-order valence-corrected chi connectivity index (χ3v) is 3.73. The largest absolute Gasteiger partial charge is 0.602 e. The van der Waals surface area contributed by atoms with E-state index in [1.807, 2.05) is 14.1 Å². The highest BCUT2D eigenvalue weighted by Crippen LogP contribution is 2.43. The van der Waals surface area contributed by atoms with Crippen molar-refractivity contribution >= 4 is 8.88 Å². The molecular weight excluding hydrogens is 112 g/mol. The molecule has 0 aromatic heterocycles. The van der Waals surface area contributed by atoms with Crippen molar-refractivity contribution in [1.29, 1.82) is 0 Å². The number of hydrogen-bond acceptors (Lipinski definition) is 4. The van der Waals surface area contributed by atoms with E-state index < -0.39 is 8.88 Å². The molecule has 5 heteroatoms. The van der Waals surface area contributed by atoms with Gasteiger partial charge in [-0.05, 0) is 0 Å². The normalized spacial score (nSPS) is 66.0. The van der Waals surface area contributed by atoms with Gasteiger partial charge < -0.3 is 0 Å². The Morgan fingerprint density at radius 1 is 1.14 bits per heavy atom. The zero-order valence-electron chi connectivity index (χ0n) is 4.21. The molecular formula is C2H6N2O2Si. The van der Waals surface area contributed by atoms with Crippen LogP contribution in [0.1, 0.15) is 0 Å². The van der Waals surface area contributed by atoms with Crippen molar-refractivity contribution in [1.82, 2.24) is 9.46 Å². The lowest BCUT2D eigenvalue weighted by Gasteiger charge is -1.66. The van der Waals surface area contributed by atoms with E-state index in [-0.39, 0.29) is 0 Å². The highest BCUT2D eigenvalue weighted by Gasteiger charge is 2.80. The summed E-state index contributed by atoms with van der Waals surface area (Å²) in [4.78, 5) is 0. The van der Waals surface area contributed by atoms with Crippen molar-refractivity contribution in [2.75, 3.05) is 14.1 Å². The number of hydroxylamine groups is 2. The molecule has 2 atom stereocenters. The fraction of sp³-hybridized carbons (Fsp3) is 1.00. The highest BCUT2D eigenvalue weighted by atomic mass is 28.4. The fourth-order valence-electron chi connectivity index (χ4n) is 0.646. The Balaban J connectivity index is 2.11. The summed E-state index contributed by atoms with van der Waals surface area (Å²) in [7, 11) is 2.12. The maximum absolute atomic E-state index is 5.00. The predicted molar refractivity (Wildman–Crippen MR) is 23.4 cm³/mol. The van der Waals surface area contributed by atoms with E-state index in [1.165, 1.54) is 0 Å². The molecule has 0 aromatic rings. The zero-order valence-corrected chi connectivity index (χ0v) is 5.21. The first-order valence-corrected chi connectivity index (χ1v) is 3.83. The minimum Gasteiger partial charge on any atom is -0.281 e. The van der Waals surface area contributed by atoms with Gasteiger partial charge in [0.2, 0.25) is 0 Å². The van der Waals surface area contributed by atoms with Crippen molar-refractivity contribution in [2.45, 2.75) is 0 Å². The fourth-order valence-corrected chi connectivity index (χ4v) is 2.41. The molecule has 2 aliphatic rings. The average Bonchev–Trinajstić information content (AvgIpc) is 2.28. The van der Waals surface area contributed by atoms with E-state index in [0.717, 1.165) is 0 Å². The smallest absolute Gasteiger partial charge is 0.281 e. The maximum atomic E-state index is 5.00. The second-order valence-electron chi connectivity index (χ2n) is 1.73. The lowest BCUT2D eigenvalue weighted by Crippen LogP contribution is -2.07. The van der Waals surface area contributed by atoms with Gasteiger partial charge in [0.1, 0.15) is 0 Å². The molecule has 1 spiro atoms. The Morgan fingerprint density at radius 2 is 1.43 bits per heavy atom. The summed E-state index contributed by atoms with van der Waals surface area (Å²) in [5, 5.41) is 0. The van der Waals surface area contributed by atoms with Crippen LogP contribution in [0.4, 0.5) is 0 Å². The van der Waals surface area contributed by atoms with E-state index in [0.29, 0.717) is 0 Å². The number of nitrogens with zero attached hydrogens (tertiary/aromatic N) is 2. The standard InChI is InChI=1S/C2H6N2O2Si/c1-3-5-7(3)4(2)6-7/h1-2H3. The van der Waals surface area contributed by atoms with Crippen LogP contribution in [0, 0.1) is 0 Å². The maximum Gasteiger partial charge on any atom is 0.602 e. The van der Waals surface area contributed by atoms with Gasteiger partial charge in [-0.15, -0.1) is 0 Å². The molecule has 0 saturated carbocycles. The predicted octanol–water partition coefficient (Wildman–Crippen LogP) is -0.824. The minimum absolute atomic E-state index is 1.65. The van der Waals surface area contributed by atoms with Crippen LogP contribution < -0.4 is 0 Å². The van der Waals surface area contributed by atoms with Gasteiger partial charge in [0, 0.05) is 14.1 Å². The van der Waals surface area contributed by atoms with E-state index in [9.17, 15) is 0 Å². The molecule has 2 aliphatic heterocycles. The minimum atomic E-state index is -1.65. The van der Waals surface area contributed by atoms with Crippen LogP contribution in [0.15, 0.2) is 0 Å². The Morgan fingerprint density at radius 3 is 1.43 bits per heavy atom.